The Morgan fingerprint density at radius 3 is 2.59 bits per heavy atom. The van der Waals surface area contributed by atoms with E-state index in [1.807, 2.05) is 12.1 Å². The van der Waals surface area contributed by atoms with E-state index in [0.29, 0.717) is 11.0 Å². The Morgan fingerprint density at radius 2 is 1.93 bits per heavy atom. The Labute approximate surface area is 162 Å². The van der Waals surface area contributed by atoms with Crippen molar-refractivity contribution in [2.24, 2.45) is 0 Å². The highest BCUT2D eigenvalue weighted by Gasteiger charge is 2.24. The Hall–Kier alpha value is -2.54. The van der Waals surface area contributed by atoms with Crippen LogP contribution in [0.4, 0.5) is 5.82 Å². The lowest BCUT2D eigenvalue weighted by molar-refractivity contribution is 0.169. The summed E-state index contributed by atoms with van der Waals surface area (Å²) in [6.45, 7) is 5.92. The molecule has 7 nitrogen and oxygen atoms in total. The first-order valence-corrected chi connectivity index (χ1v) is 9.36. The molecule has 0 aromatic carbocycles. The average Bonchev–Trinajstić information content (AvgIpc) is 3.07. The molecule has 4 heterocycles. The summed E-state index contributed by atoms with van der Waals surface area (Å²) in [4.78, 5) is 10.8. The Morgan fingerprint density at radius 1 is 1.15 bits per heavy atom. The van der Waals surface area contributed by atoms with E-state index < -0.39 is 0 Å². The fourth-order valence-electron chi connectivity index (χ4n) is 3.42. The number of ether oxygens (including phenoxy) is 2. The molecule has 1 aliphatic heterocycles. The number of pyridine rings is 1. The average molecular weight is 388 g/mol. The molecule has 27 heavy (non-hydrogen) atoms. The maximum absolute atomic E-state index is 6.07. The number of nitrogens with zero attached hydrogens (tertiary/aromatic N) is 5. The van der Waals surface area contributed by atoms with E-state index in [1.165, 1.54) is 0 Å². The predicted molar refractivity (Wildman–Crippen MR) is 104 cm³/mol. The maximum atomic E-state index is 6.07. The van der Waals surface area contributed by atoms with Crippen molar-refractivity contribution in [1.82, 2.24) is 19.6 Å². The molecule has 0 N–H and O–H groups in total. The van der Waals surface area contributed by atoms with Crippen molar-refractivity contribution in [1.29, 1.82) is 0 Å². The highest BCUT2D eigenvalue weighted by Crippen LogP contribution is 2.28. The van der Waals surface area contributed by atoms with Crippen LogP contribution in [0, 0.1) is 13.8 Å². The fraction of sp³-hybridized carbons (Fsp3) is 0.421. The van der Waals surface area contributed by atoms with E-state index in [-0.39, 0.29) is 6.10 Å². The third-order valence-corrected chi connectivity index (χ3v) is 5.24. The monoisotopic (exact) mass is 387 g/mol. The van der Waals surface area contributed by atoms with Gasteiger partial charge in [0.1, 0.15) is 17.0 Å². The summed E-state index contributed by atoms with van der Waals surface area (Å²) in [6.07, 6.45) is 5.48. The molecule has 1 saturated heterocycles. The molecule has 8 heteroatoms. The number of aromatic nitrogens is 4. The van der Waals surface area contributed by atoms with Crippen LogP contribution in [0.15, 0.2) is 24.5 Å². The SMILES string of the molecule is COc1ccc(OC2CCN(c3nn4cc(Cl)nc4c(C)c3C)CC2)cn1. The van der Waals surface area contributed by atoms with Crippen molar-refractivity contribution >= 4 is 23.1 Å². The molecule has 0 atom stereocenters. The second kappa shape index (κ2) is 7.23. The van der Waals surface area contributed by atoms with Crippen LogP contribution < -0.4 is 14.4 Å². The van der Waals surface area contributed by atoms with Gasteiger partial charge in [0.2, 0.25) is 5.88 Å². The van der Waals surface area contributed by atoms with Crippen LogP contribution in [-0.2, 0) is 0 Å². The molecule has 1 aliphatic rings. The van der Waals surface area contributed by atoms with Crippen LogP contribution in [0.5, 0.6) is 11.6 Å². The van der Waals surface area contributed by atoms with E-state index in [1.54, 1.807) is 24.0 Å². The summed E-state index contributed by atoms with van der Waals surface area (Å²) >= 11 is 6.05. The molecule has 0 bridgehead atoms. The van der Waals surface area contributed by atoms with E-state index in [4.69, 9.17) is 26.2 Å². The lowest BCUT2D eigenvalue weighted by atomic mass is 10.1. The summed E-state index contributed by atoms with van der Waals surface area (Å²) in [5.74, 6) is 2.34. The van der Waals surface area contributed by atoms with Crippen LogP contribution in [0.1, 0.15) is 24.0 Å². The first-order valence-electron chi connectivity index (χ1n) is 8.99. The van der Waals surface area contributed by atoms with Gasteiger partial charge >= 0.3 is 0 Å². The van der Waals surface area contributed by atoms with Gasteiger partial charge in [-0.3, -0.25) is 0 Å². The molecule has 4 rings (SSSR count). The van der Waals surface area contributed by atoms with Crippen LogP contribution in [0.25, 0.3) is 5.65 Å². The van der Waals surface area contributed by atoms with Crippen molar-refractivity contribution in [3.8, 4) is 11.6 Å². The number of imidazole rings is 1. The number of methoxy groups -OCH3 is 1. The minimum absolute atomic E-state index is 0.171. The largest absolute Gasteiger partial charge is 0.489 e. The molecule has 1 fully saturated rings. The number of anilines is 1. The Balaban J connectivity index is 1.45. The van der Waals surface area contributed by atoms with Crippen molar-refractivity contribution in [3.05, 3.63) is 40.8 Å². The van der Waals surface area contributed by atoms with E-state index in [0.717, 1.165) is 54.3 Å². The number of hydrogen-bond acceptors (Lipinski definition) is 6. The smallest absolute Gasteiger partial charge is 0.213 e. The van der Waals surface area contributed by atoms with Gasteiger partial charge in [-0.05, 0) is 19.9 Å². The van der Waals surface area contributed by atoms with Gasteiger partial charge in [0.25, 0.3) is 0 Å². The number of halogens is 1. The van der Waals surface area contributed by atoms with Crippen LogP contribution in [-0.4, -0.2) is 45.9 Å². The number of rotatable bonds is 4. The normalized spacial score (nSPS) is 15.3. The van der Waals surface area contributed by atoms with Crippen molar-refractivity contribution in [3.63, 3.8) is 0 Å². The van der Waals surface area contributed by atoms with Gasteiger partial charge in [-0.15, -0.1) is 5.10 Å². The maximum Gasteiger partial charge on any atom is 0.213 e. The quantitative estimate of drug-likeness (QED) is 0.683. The number of fused-ring (bicyclic) bond motifs is 1. The lowest BCUT2D eigenvalue weighted by Gasteiger charge is -2.33. The molecular weight excluding hydrogens is 366 g/mol. The second-order valence-corrected chi connectivity index (χ2v) is 7.13. The standard InChI is InChI=1S/C19H22ClN5O2/c1-12-13(2)19(23-25-11-16(20)22-18(12)25)24-8-6-14(7-9-24)27-15-4-5-17(26-3)21-10-15/h4-5,10-11,14H,6-9H2,1-3H3. The van der Waals surface area contributed by atoms with Gasteiger partial charge in [-0.2, -0.15) is 0 Å². The first kappa shape index (κ1) is 17.9. The third kappa shape index (κ3) is 3.51. The summed E-state index contributed by atoms with van der Waals surface area (Å²) < 4.78 is 12.9. The number of piperidine rings is 1. The van der Waals surface area contributed by atoms with Gasteiger partial charge in [0.05, 0.1) is 19.5 Å². The zero-order valence-corrected chi connectivity index (χ0v) is 16.4. The summed E-state index contributed by atoms with van der Waals surface area (Å²) in [5.41, 5.74) is 3.06. The molecular formula is C19H22ClN5O2. The van der Waals surface area contributed by atoms with E-state index in [9.17, 15) is 0 Å². The molecule has 0 spiro atoms. The summed E-state index contributed by atoms with van der Waals surface area (Å²) in [5, 5.41) is 5.20. The lowest BCUT2D eigenvalue weighted by Crippen LogP contribution is -2.39. The Bertz CT molecular complexity index is 949. The predicted octanol–water partition coefficient (Wildman–Crippen LogP) is 3.45. The minimum Gasteiger partial charge on any atom is -0.489 e. The van der Waals surface area contributed by atoms with Gasteiger partial charge in [-0.25, -0.2) is 14.5 Å². The van der Waals surface area contributed by atoms with E-state index >= 15 is 0 Å². The summed E-state index contributed by atoms with van der Waals surface area (Å²) in [7, 11) is 1.60. The molecule has 3 aromatic rings. The molecule has 0 unspecified atom stereocenters. The van der Waals surface area contributed by atoms with Gasteiger partial charge in [0.15, 0.2) is 11.5 Å². The third-order valence-electron chi connectivity index (χ3n) is 5.06. The van der Waals surface area contributed by atoms with Crippen LogP contribution in [0.2, 0.25) is 5.15 Å². The van der Waals surface area contributed by atoms with Crippen molar-refractivity contribution < 1.29 is 9.47 Å². The summed E-state index contributed by atoms with van der Waals surface area (Å²) in [6, 6.07) is 3.70. The number of aryl methyl sites for hydroxylation is 1. The minimum atomic E-state index is 0.171. The zero-order valence-electron chi connectivity index (χ0n) is 15.6. The molecule has 0 amide bonds. The highest BCUT2D eigenvalue weighted by molar-refractivity contribution is 6.29. The van der Waals surface area contributed by atoms with Gasteiger partial charge < -0.3 is 14.4 Å². The molecule has 0 radical (unpaired) electrons. The fourth-order valence-corrected chi connectivity index (χ4v) is 3.60. The molecule has 142 valence electrons. The molecule has 0 aliphatic carbocycles. The second-order valence-electron chi connectivity index (χ2n) is 6.75. The van der Waals surface area contributed by atoms with Gasteiger partial charge in [-0.1, -0.05) is 11.6 Å². The van der Waals surface area contributed by atoms with Crippen molar-refractivity contribution in [2.75, 3.05) is 25.1 Å². The first-order chi connectivity index (χ1) is 13.0. The topological polar surface area (TPSA) is 64.8 Å². The molecule has 3 aromatic heterocycles. The highest BCUT2D eigenvalue weighted by atomic mass is 35.5. The van der Waals surface area contributed by atoms with E-state index in [2.05, 4.69) is 28.7 Å². The number of hydrogen-bond donors (Lipinski definition) is 0. The van der Waals surface area contributed by atoms with Crippen LogP contribution in [0.3, 0.4) is 0 Å². The zero-order chi connectivity index (χ0) is 19.0. The molecule has 0 saturated carbocycles. The van der Waals surface area contributed by atoms with Crippen molar-refractivity contribution in [2.45, 2.75) is 32.8 Å². The van der Waals surface area contributed by atoms with Crippen LogP contribution >= 0.6 is 11.6 Å². The Kier molecular flexibility index (Phi) is 4.78. The van der Waals surface area contributed by atoms with Gasteiger partial charge in [0, 0.05) is 43.1 Å².